The van der Waals surface area contributed by atoms with Gasteiger partial charge in [-0.3, -0.25) is 9.12 Å². The molecule has 1 unspecified atom stereocenters. The van der Waals surface area contributed by atoms with Crippen LogP contribution in [0.1, 0.15) is 61.2 Å². The van der Waals surface area contributed by atoms with Crippen LogP contribution in [0.3, 0.4) is 0 Å². The Hall–Kier alpha value is -3.35. The van der Waals surface area contributed by atoms with Crippen LogP contribution in [-0.2, 0) is 15.8 Å². The standard InChI is InChI=1S/C26H30FN7O2S2/c1-14(2)26-32-23(24-25(29)30-11-22(34(24)26)16-4-7-18(28)8-5-16)17-6-9-21(20(27)10-17)33-38(35,36)13-19-12-37-15(3)31-19/h4,6,9-12,14,18,33H,5,7-8,13,28H2,1-3H3,(H2,29,30). The topological polar surface area (TPSA) is 141 Å². The fourth-order valence-electron chi connectivity index (χ4n) is 4.69. The number of fused-ring (bicyclic) bond motifs is 1. The van der Waals surface area contributed by atoms with Crippen molar-refractivity contribution < 1.29 is 12.8 Å². The third-order valence-corrected chi connectivity index (χ3v) is 8.55. The van der Waals surface area contributed by atoms with Crippen LogP contribution < -0.4 is 16.2 Å². The Kier molecular flexibility index (Phi) is 6.97. The van der Waals surface area contributed by atoms with Gasteiger partial charge in [0, 0.05) is 22.9 Å². The highest BCUT2D eigenvalue weighted by molar-refractivity contribution is 7.91. The molecule has 0 saturated heterocycles. The fraction of sp³-hybridized carbons (Fsp3) is 0.346. The van der Waals surface area contributed by atoms with Crippen molar-refractivity contribution in [1.29, 1.82) is 0 Å². The molecule has 12 heteroatoms. The summed E-state index contributed by atoms with van der Waals surface area (Å²) in [5.41, 5.74) is 16.3. The molecule has 0 fully saturated rings. The first-order valence-corrected chi connectivity index (χ1v) is 14.9. The van der Waals surface area contributed by atoms with E-state index in [0.29, 0.717) is 22.5 Å². The molecule has 3 heterocycles. The Labute approximate surface area is 224 Å². The normalized spacial score (nSPS) is 16.3. The summed E-state index contributed by atoms with van der Waals surface area (Å²) in [6.07, 6.45) is 6.37. The molecule has 5 rings (SSSR count). The average Bonchev–Trinajstić information content (AvgIpc) is 3.45. The van der Waals surface area contributed by atoms with Crippen LogP contribution in [0.5, 0.6) is 0 Å². The van der Waals surface area contributed by atoms with Gasteiger partial charge in [0.2, 0.25) is 10.0 Å². The van der Waals surface area contributed by atoms with Crippen LogP contribution in [0.2, 0.25) is 0 Å². The molecule has 4 aromatic rings. The van der Waals surface area contributed by atoms with E-state index in [2.05, 4.69) is 20.8 Å². The van der Waals surface area contributed by atoms with E-state index < -0.39 is 15.8 Å². The van der Waals surface area contributed by atoms with Crippen molar-refractivity contribution >= 4 is 44.0 Å². The summed E-state index contributed by atoms with van der Waals surface area (Å²) in [4.78, 5) is 13.5. The van der Waals surface area contributed by atoms with Crippen LogP contribution in [-0.4, -0.2) is 33.8 Å². The van der Waals surface area contributed by atoms with Crippen molar-refractivity contribution in [2.45, 2.75) is 57.7 Å². The Morgan fingerprint density at radius 3 is 2.71 bits per heavy atom. The molecular formula is C26H30FN7O2S2. The van der Waals surface area contributed by atoms with Gasteiger partial charge in [-0.15, -0.1) is 11.3 Å². The molecule has 38 heavy (non-hydrogen) atoms. The zero-order chi connectivity index (χ0) is 27.2. The lowest BCUT2D eigenvalue weighted by Gasteiger charge is -2.20. The quantitative estimate of drug-likeness (QED) is 0.296. The third-order valence-electron chi connectivity index (χ3n) is 6.52. The lowest BCUT2D eigenvalue weighted by Crippen LogP contribution is -2.22. The lowest BCUT2D eigenvalue weighted by atomic mass is 9.94. The van der Waals surface area contributed by atoms with E-state index in [1.807, 2.05) is 18.2 Å². The highest BCUT2D eigenvalue weighted by atomic mass is 32.2. The zero-order valence-corrected chi connectivity index (χ0v) is 23.0. The van der Waals surface area contributed by atoms with Crippen LogP contribution in [0, 0.1) is 12.7 Å². The van der Waals surface area contributed by atoms with Gasteiger partial charge in [0.15, 0.2) is 0 Å². The van der Waals surface area contributed by atoms with E-state index in [1.54, 1.807) is 24.6 Å². The molecule has 1 aliphatic carbocycles. The summed E-state index contributed by atoms with van der Waals surface area (Å²) in [7, 11) is -3.86. The number of imidazole rings is 1. The Morgan fingerprint density at radius 2 is 2.08 bits per heavy atom. The van der Waals surface area contributed by atoms with Crippen molar-refractivity contribution in [1.82, 2.24) is 19.4 Å². The number of nitrogens with one attached hydrogen (secondary N) is 1. The largest absolute Gasteiger partial charge is 0.382 e. The maximum Gasteiger partial charge on any atom is 0.238 e. The van der Waals surface area contributed by atoms with E-state index in [0.717, 1.165) is 41.4 Å². The summed E-state index contributed by atoms with van der Waals surface area (Å²) >= 11 is 1.36. The maximum atomic E-state index is 15.2. The fourth-order valence-corrected chi connectivity index (χ4v) is 6.52. The molecule has 0 amide bonds. The Bertz CT molecular complexity index is 1660. The van der Waals surface area contributed by atoms with E-state index in [9.17, 15) is 8.42 Å². The van der Waals surface area contributed by atoms with Crippen molar-refractivity contribution in [2.24, 2.45) is 5.73 Å². The smallest absolute Gasteiger partial charge is 0.238 e. The first kappa shape index (κ1) is 26.3. The number of nitrogen functional groups attached to an aromatic ring is 1. The number of nitrogens with zero attached hydrogens (tertiary/aromatic N) is 4. The van der Waals surface area contributed by atoms with Gasteiger partial charge in [-0.2, -0.15) is 0 Å². The maximum absolute atomic E-state index is 15.2. The van der Waals surface area contributed by atoms with Gasteiger partial charge in [-0.1, -0.05) is 26.0 Å². The first-order chi connectivity index (χ1) is 18.0. The average molecular weight is 556 g/mol. The van der Waals surface area contributed by atoms with Crippen molar-refractivity contribution in [3.8, 4) is 11.3 Å². The number of rotatable bonds is 7. The molecule has 1 atom stereocenters. The minimum Gasteiger partial charge on any atom is -0.382 e. The molecule has 0 radical (unpaired) electrons. The summed E-state index contributed by atoms with van der Waals surface area (Å²) < 4.78 is 44.8. The minimum absolute atomic E-state index is 0.0496. The number of halogens is 1. The zero-order valence-electron chi connectivity index (χ0n) is 21.4. The highest BCUT2D eigenvalue weighted by Gasteiger charge is 2.24. The van der Waals surface area contributed by atoms with E-state index in [1.165, 1.54) is 23.5 Å². The van der Waals surface area contributed by atoms with Crippen molar-refractivity contribution in [2.75, 3.05) is 10.5 Å². The summed E-state index contributed by atoms with van der Waals surface area (Å²) in [6, 6.07) is 4.43. The van der Waals surface area contributed by atoms with Crippen LogP contribution >= 0.6 is 11.3 Å². The van der Waals surface area contributed by atoms with Crippen LogP contribution in [0.25, 0.3) is 22.3 Å². The second-order valence-electron chi connectivity index (χ2n) is 9.86. The number of thiazole rings is 1. The second-order valence-corrected chi connectivity index (χ2v) is 12.6. The molecule has 0 spiro atoms. The van der Waals surface area contributed by atoms with E-state index in [-0.39, 0.29) is 29.2 Å². The Morgan fingerprint density at radius 1 is 1.29 bits per heavy atom. The van der Waals surface area contributed by atoms with Gasteiger partial charge in [0.1, 0.15) is 34.4 Å². The predicted octanol–water partition coefficient (Wildman–Crippen LogP) is 4.84. The molecule has 1 aliphatic rings. The third kappa shape index (κ3) is 5.16. The number of benzene rings is 1. The molecule has 9 nitrogen and oxygen atoms in total. The molecule has 0 saturated carbocycles. The van der Waals surface area contributed by atoms with Gasteiger partial charge in [0.25, 0.3) is 0 Å². The van der Waals surface area contributed by atoms with E-state index in [4.69, 9.17) is 16.5 Å². The number of nitrogens with two attached hydrogens (primary N) is 2. The van der Waals surface area contributed by atoms with Crippen LogP contribution in [0.4, 0.5) is 15.9 Å². The van der Waals surface area contributed by atoms with E-state index >= 15 is 4.39 Å². The first-order valence-electron chi connectivity index (χ1n) is 12.4. The number of aromatic nitrogens is 4. The van der Waals surface area contributed by atoms with Gasteiger partial charge < -0.3 is 11.5 Å². The highest BCUT2D eigenvalue weighted by Crippen LogP contribution is 2.36. The number of aryl methyl sites for hydroxylation is 1. The monoisotopic (exact) mass is 555 g/mol. The SMILES string of the molecule is Cc1nc(CS(=O)(=O)Nc2ccc(-c3nc(C(C)C)n4c(C5=CCC(N)CC5)cnc(N)c34)cc2F)cs1. The number of hydrogen-bond acceptors (Lipinski definition) is 8. The summed E-state index contributed by atoms with van der Waals surface area (Å²) in [6.45, 7) is 5.86. The summed E-state index contributed by atoms with van der Waals surface area (Å²) in [5, 5.41) is 2.44. The van der Waals surface area contributed by atoms with Crippen molar-refractivity contribution in [3.63, 3.8) is 0 Å². The molecule has 5 N–H and O–H groups in total. The number of hydrogen-bond donors (Lipinski definition) is 3. The van der Waals surface area contributed by atoms with Crippen molar-refractivity contribution in [3.05, 3.63) is 63.9 Å². The Balaban J connectivity index is 1.54. The van der Waals surface area contributed by atoms with Gasteiger partial charge >= 0.3 is 0 Å². The molecule has 3 aromatic heterocycles. The van der Waals surface area contributed by atoms with Crippen LogP contribution in [0.15, 0.2) is 35.9 Å². The number of anilines is 2. The van der Waals surface area contributed by atoms with Gasteiger partial charge in [-0.25, -0.2) is 27.8 Å². The predicted molar refractivity (Wildman–Crippen MR) is 150 cm³/mol. The lowest BCUT2D eigenvalue weighted by molar-refractivity contribution is 0.597. The van der Waals surface area contributed by atoms with Gasteiger partial charge in [0.05, 0.1) is 28.3 Å². The summed E-state index contributed by atoms with van der Waals surface area (Å²) in [5.74, 6) is 0.0415. The molecular weight excluding hydrogens is 525 g/mol. The molecule has 200 valence electrons. The second kappa shape index (κ2) is 10.1. The molecule has 0 bridgehead atoms. The molecule has 0 aliphatic heterocycles. The van der Waals surface area contributed by atoms with Gasteiger partial charge in [-0.05, 0) is 43.9 Å². The number of sulfonamides is 1. The minimum atomic E-state index is -3.86. The number of allylic oxidation sites excluding steroid dienone is 1. The molecule has 1 aromatic carbocycles.